The lowest BCUT2D eigenvalue weighted by atomic mass is 10.1. The first-order valence-electron chi connectivity index (χ1n) is 4.46. The van der Waals surface area contributed by atoms with Crippen molar-refractivity contribution in [2.75, 3.05) is 0 Å². The molecule has 0 bridgehead atoms. The van der Waals surface area contributed by atoms with E-state index >= 15 is 0 Å². The minimum atomic E-state index is -0.719. The number of rotatable bonds is 3. The third-order valence-corrected chi connectivity index (χ3v) is 1.79. The molecule has 0 unspecified atom stereocenters. The first kappa shape index (κ1) is 10.8. The molecular formula is C12H10N2O. The largest absolute Gasteiger partial charge is 0.469 e. The van der Waals surface area contributed by atoms with E-state index in [0.717, 1.165) is 11.3 Å². The summed E-state index contributed by atoms with van der Waals surface area (Å²) in [6, 6.07) is 3.77. The Hall–Kier alpha value is -2.26. The number of nitriles is 2. The minimum Gasteiger partial charge on any atom is -0.469 e. The Morgan fingerprint density at radius 1 is 1.47 bits per heavy atom. The van der Waals surface area contributed by atoms with Crippen LogP contribution in [0.25, 0.3) is 0 Å². The third-order valence-electron chi connectivity index (χ3n) is 1.79. The van der Waals surface area contributed by atoms with E-state index in [0.29, 0.717) is 6.42 Å². The van der Waals surface area contributed by atoms with Gasteiger partial charge in [-0.1, -0.05) is 6.08 Å². The highest BCUT2D eigenvalue weighted by molar-refractivity contribution is 5.37. The van der Waals surface area contributed by atoms with Crippen molar-refractivity contribution < 1.29 is 4.74 Å². The molecule has 0 aromatic carbocycles. The van der Waals surface area contributed by atoms with E-state index in [-0.39, 0.29) is 0 Å². The van der Waals surface area contributed by atoms with Crippen molar-refractivity contribution >= 4 is 0 Å². The normalized spacial score (nSPS) is 16.5. The van der Waals surface area contributed by atoms with Gasteiger partial charge in [0.25, 0.3) is 0 Å². The van der Waals surface area contributed by atoms with Gasteiger partial charge in [-0.15, -0.1) is 6.58 Å². The van der Waals surface area contributed by atoms with Crippen molar-refractivity contribution in [3.63, 3.8) is 0 Å². The molecule has 0 spiro atoms. The third kappa shape index (κ3) is 3.17. The summed E-state index contributed by atoms with van der Waals surface area (Å²) in [6.45, 7) is 3.60. The van der Waals surface area contributed by atoms with Crippen LogP contribution < -0.4 is 0 Å². The van der Waals surface area contributed by atoms with E-state index in [4.69, 9.17) is 15.3 Å². The maximum absolute atomic E-state index is 8.62. The first-order chi connectivity index (χ1) is 7.30. The number of hydrogen-bond donors (Lipinski definition) is 0. The number of ether oxygens (including phenoxy) is 1. The summed E-state index contributed by atoms with van der Waals surface area (Å²) in [5.41, 5.74) is 0.811. The molecule has 1 heterocycles. The average Bonchev–Trinajstić information content (AvgIpc) is 2.27. The van der Waals surface area contributed by atoms with E-state index in [1.807, 2.05) is 12.1 Å². The van der Waals surface area contributed by atoms with Gasteiger partial charge in [-0.3, -0.25) is 0 Å². The quantitative estimate of drug-likeness (QED) is 0.655. The van der Waals surface area contributed by atoms with Gasteiger partial charge in [0, 0.05) is 6.42 Å². The zero-order valence-corrected chi connectivity index (χ0v) is 8.18. The van der Waals surface area contributed by atoms with Crippen LogP contribution in [0, 0.1) is 28.6 Å². The maximum Gasteiger partial charge on any atom is 0.152 e. The second-order valence-electron chi connectivity index (χ2n) is 2.93. The van der Waals surface area contributed by atoms with Crippen molar-refractivity contribution in [2.24, 2.45) is 5.92 Å². The molecule has 15 heavy (non-hydrogen) atoms. The standard InChI is InChI=1S/C12H10N2O/c1-2-3-12-7-10(4-5-15-12)6-11(8-13)9-14/h2,4-7,11H,1,3H2. The lowest BCUT2D eigenvalue weighted by molar-refractivity contribution is 0.338. The molecule has 0 amide bonds. The molecule has 1 aliphatic rings. The van der Waals surface area contributed by atoms with Crippen LogP contribution in [0.3, 0.4) is 0 Å². The summed E-state index contributed by atoms with van der Waals surface area (Å²) < 4.78 is 5.20. The summed E-state index contributed by atoms with van der Waals surface area (Å²) in [7, 11) is 0. The average molecular weight is 198 g/mol. The Bertz CT molecular complexity index is 398. The molecule has 1 aliphatic heterocycles. The summed E-state index contributed by atoms with van der Waals surface area (Å²) >= 11 is 0. The number of hydrogen-bond acceptors (Lipinski definition) is 3. The molecular weight excluding hydrogens is 188 g/mol. The molecule has 0 aromatic heterocycles. The van der Waals surface area contributed by atoms with E-state index in [1.54, 1.807) is 24.3 Å². The minimum absolute atomic E-state index is 0.630. The van der Waals surface area contributed by atoms with E-state index in [1.165, 1.54) is 6.26 Å². The van der Waals surface area contributed by atoms with Crippen LogP contribution in [-0.4, -0.2) is 0 Å². The van der Waals surface area contributed by atoms with Gasteiger partial charge in [-0.05, 0) is 23.8 Å². The fraction of sp³-hybridized carbons (Fsp3) is 0.167. The molecule has 0 saturated carbocycles. The molecule has 0 atom stereocenters. The summed E-state index contributed by atoms with van der Waals surface area (Å²) in [6.07, 6.45) is 9.01. The van der Waals surface area contributed by atoms with E-state index in [9.17, 15) is 0 Å². The van der Waals surface area contributed by atoms with Gasteiger partial charge in [0.05, 0.1) is 18.4 Å². The smallest absolute Gasteiger partial charge is 0.152 e. The predicted molar refractivity (Wildman–Crippen MR) is 55.9 cm³/mol. The first-order valence-corrected chi connectivity index (χ1v) is 4.46. The molecule has 0 fully saturated rings. The van der Waals surface area contributed by atoms with E-state index < -0.39 is 5.92 Å². The van der Waals surface area contributed by atoms with Crippen LogP contribution in [-0.2, 0) is 4.74 Å². The van der Waals surface area contributed by atoms with Gasteiger partial charge < -0.3 is 4.74 Å². The molecule has 0 radical (unpaired) electrons. The SMILES string of the molecule is C=CCC1=CC(=CC(C#N)C#N)C=CO1. The number of allylic oxidation sites excluding steroid dienone is 5. The molecule has 0 N–H and O–H groups in total. The van der Waals surface area contributed by atoms with Gasteiger partial charge >= 0.3 is 0 Å². The Morgan fingerprint density at radius 2 is 2.20 bits per heavy atom. The molecule has 0 aromatic rings. The van der Waals surface area contributed by atoms with Crippen LogP contribution in [0.2, 0.25) is 0 Å². The highest BCUT2D eigenvalue weighted by atomic mass is 16.5. The predicted octanol–water partition coefficient (Wildman–Crippen LogP) is 2.58. The number of nitrogens with zero attached hydrogens (tertiary/aromatic N) is 2. The van der Waals surface area contributed by atoms with Crippen LogP contribution in [0.1, 0.15) is 6.42 Å². The molecule has 1 rings (SSSR count). The maximum atomic E-state index is 8.62. The van der Waals surface area contributed by atoms with Gasteiger partial charge in [0.2, 0.25) is 0 Å². The second kappa shape index (κ2) is 5.47. The lowest BCUT2D eigenvalue weighted by Crippen LogP contribution is -1.94. The van der Waals surface area contributed by atoms with Crippen LogP contribution in [0.15, 0.2) is 48.5 Å². The van der Waals surface area contributed by atoms with Crippen LogP contribution in [0.4, 0.5) is 0 Å². The van der Waals surface area contributed by atoms with Gasteiger partial charge in [-0.2, -0.15) is 10.5 Å². The summed E-state index contributed by atoms with van der Waals surface area (Å²) in [5, 5.41) is 17.2. The Labute approximate surface area is 88.9 Å². The van der Waals surface area contributed by atoms with Crippen molar-refractivity contribution in [2.45, 2.75) is 6.42 Å². The van der Waals surface area contributed by atoms with Gasteiger partial charge in [0.15, 0.2) is 5.92 Å². The van der Waals surface area contributed by atoms with Crippen molar-refractivity contribution in [1.82, 2.24) is 0 Å². The second-order valence-corrected chi connectivity index (χ2v) is 2.93. The highest BCUT2D eigenvalue weighted by Gasteiger charge is 2.05. The highest BCUT2D eigenvalue weighted by Crippen LogP contribution is 2.17. The van der Waals surface area contributed by atoms with Crippen molar-refractivity contribution in [3.8, 4) is 12.1 Å². The van der Waals surface area contributed by atoms with E-state index in [2.05, 4.69) is 6.58 Å². The fourth-order valence-electron chi connectivity index (χ4n) is 1.12. The Morgan fingerprint density at radius 3 is 2.80 bits per heavy atom. The Kier molecular flexibility index (Phi) is 3.94. The molecule has 3 heteroatoms. The zero-order chi connectivity index (χ0) is 11.1. The van der Waals surface area contributed by atoms with Crippen LogP contribution >= 0.6 is 0 Å². The fourth-order valence-corrected chi connectivity index (χ4v) is 1.12. The monoisotopic (exact) mass is 198 g/mol. The zero-order valence-electron chi connectivity index (χ0n) is 8.18. The molecule has 74 valence electrons. The topological polar surface area (TPSA) is 56.8 Å². The van der Waals surface area contributed by atoms with Crippen molar-refractivity contribution in [1.29, 1.82) is 10.5 Å². The molecule has 0 aliphatic carbocycles. The summed E-state index contributed by atoms with van der Waals surface area (Å²) in [4.78, 5) is 0. The summed E-state index contributed by atoms with van der Waals surface area (Å²) in [5.74, 6) is 0.0392. The molecule has 0 saturated heterocycles. The van der Waals surface area contributed by atoms with Crippen LogP contribution in [0.5, 0.6) is 0 Å². The lowest BCUT2D eigenvalue weighted by Gasteiger charge is -2.09. The van der Waals surface area contributed by atoms with Crippen molar-refractivity contribution in [3.05, 3.63) is 48.5 Å². The van der Waals surface area contributed by atoms with Gasteiger partial charge in [-0.25, -0.2) is 0 Å². The van der Waals surface area contributed by atoms with Gasteiger partial charge in [0.1, 0.15) is 5.76 Å². The molecule has 3 nitrogen and oxygen atoms in total. The Balaban J connectivity index is 2.83.